The molecular formula is C13H19NO2. The zero-order valence-electron chi connectivity index (χ0n) is 10.0. The quantitative estimate of drug-likeness (QED) is 0.802. The highest BCUT2D eigenvalue weighted by Gasteiger charge is 2.16. The third kappa shape index (κ3) is 3.35. The van der Waals surface area contributed by atoms with E-state index in [1.807, 2.05) is 33.0 Å². The number of phenols is 1. The molecule has 1 rings (SSSR count). The van der Waals surface area contributed by atoms with Crippen LogP contribution in [0, 0.1) is 5.92 Å². The minimum absolute atomic E-state index is 0.0236. The first-order valence-electron chi connectivity index (χ1n) is 5.53. The number of rotatable bonds is 5. The van der Waals surface area contributed by atoms with Crippen molar-refractivity contribution in [3.8, 4) is 5.75 Å². The lowest BCUT2D eigenvalue weighted by Gasteiger charge is -2.17. The molecule has 0 amide bonds. The van der Waals surface area contributed by atoms with Gasteiger partial charge in [-0.3, -0.25) is 4.79 Å². The summed E-state index contributed by atoms with van der Waals surface area (Å²) in [4.78, 5) is 11.7. The number of nitrogens with one attached hydrogen (secondary N) is 1. The van der Waals surface area contributed by atoms with Gasteiger partial charge in [-0.1, -0.05) is 26.0 Å². The van der Waals surface area contributed by atoms with Crippen molar-refractivity contribution in [2.24, 2.45) is 5.92 Å². The van der Waals surface area contributed by atoms with Crippen molar-refractivity contribution in [3.63, 3.8) is 0 Å². The van der Waals surface area contributed by atoms with Crippen LogP contribution in [-0.2, 0) is 4.79 Å². The highest BCUT2D eigenvalue weighted by molar-refractivity contribution is 5.81. The zero-order valence-corrected chi connectivity index (χ0v) is 10.0. The summed E-state index contributed by atoms with van der Waals surface area (Å²) in [5.41, 5.74) is 1.02. The molecule has 0 saturated heterocycles. The maximum atomic E-state index is 11.7. The number of aromatic hydroxyl groups is 1. The zero-order chi connectivity index (χ0) is 12.1. The highest BCUT2D eigenvalue weighted by atomic mass is 16.3. The second-order valence-corrected chi connectivity index (χ2v) is 4.26. The summed E-state index contributed by atoms with van der Waals surface area (Å²) in [5.74, 6) is 0.550. The largest absolute Gasteiger partial charge is 0.508 e. The van der Waals surface area contributed by atoms with Crippen LogP contribution in [0.4, 0.5) is 0 Å². The molecule has 0 aliphatic carbocycles. The van der Waals surface area contributed by atoms with Crippen LogP contribution in [0.3, 0.4) is 0 Å². The first-order valence-corrected chi connectivity index (χ1v) is 5.53. The van der Waals surface area contributed by atoms with Crippen LogP contribution in [0.25, 0.3) is 0 Å². The summed E-state index contributed by atoms with van der Waals surface area (Å²) < 4.78 is 0. The Hall–Kier alpha value is -1.35. The number of carbonyl (C=O) groups is 1. The molecular weight excluding hydrogens is 202 g/mol. The van der Waals surface area contributed by atoms with Gasteiger partial charge in [0.15, 0.2) is 0 Å². The summed E-state index contributed by atoms with van der Waals surface area (Å²) in [6.07, 6.45) is 0.485. The van der Waals surface area contributed by atoms with Crippen LogP contribution in [0.5, 0.6) is 5.75 Å². The third-order valence-electron chi connectivity index (χ3n) is 2.69. The number of hydrogen-bond acceptors (Lipinski definition) is 3. The van der Waals surface area contributed by atoms with Crippen molar-refractivity contribution in [1.82, 2.24) is 5.32 Å². The Balaban J connectivity index is 2.74. The molecule has 0 heterocycles. The Labute approximate surface area is 96.5 Å². The Morgan fingerprint density at radius 2 is 1.88 bits per heavy atom. The molecule has 0 bridgehead atoms. The normalized spacial score (nSPS) is 12.8. The van der Waals surface area contributed by atoms with Gasteiger partial charge in [0, 0.05) is 18.4 Å². The fourth-order valence-electron chi connectivity index (χ4n) is 1.53. The Kier molecular flexibility index (Phi) is 4.50. The van der Waals surface area contributed by atoms with Crippen molar-refractivity contribution < 1.29 is 9.90 Å². The van der Waals surface area contributed by atoms with Gasteiger partial charge in [-0.25, -0.2) is 0 Å². The molecule has 1 unspecified atom stereocenters. The Morgan fingerprint density at radius 1 is 1.31 bits per heavy atom. The molecule has 0 saturated carbocycles. The first kappa shape index (κ1) is 12.7. The molecule has 1 atom stereocenters. The van der Waals surface area contributed by atoms with E-state index < -0.39 is 0 Å². The fourth-order valence-corrected chi connectivity index (χ4v) is 1.53. The molecule has 0 radical (unpaired) electrons. The smallest absolute Gasteiger partial charge is 0.137 e. The molecule has 0 fully saturated rings. The summed E-state index contributed by atoms with van der Waals surface area (Å²) in [7, 11) is 1.84. The second kappa shape index (κ2) is 5.66. The van der Waals surface area contributed by atoms with Crippen molar-refractivity contribution in [1.29, 1.82) is 0 Å². The SMILES string of the molecule is CNC(CC(=O)C(C)C)c1ccc(O)cc1. The van der Waals surface area contributed by atoms with E-state index in [9.17, 15) is 9.90 Å². The predicted molar refractivity (Wildman–Crippen MR) is 64.4 cm³/mol. The number of Topliss-reactive ketones (excluding diaryl/α,β-unsaturated/α-hetero) is 1. The molecule has 0 spiro atoms. The van der Waals surface area contributed by atoms with Crippen molar-refractivity contribution in [2.45, 2.75) is 26.3 Å². The van der Waals surface area contributed by atoms with Gasteiger partial charge in [0.05, 0.1) is 0 Å². The molecule has 0 aliphatic rings. The third-order valence-corrected chi connectivity index (χ3v) is 2.69. The Morgan fingerprint density at radius 3 is 2.31 bits per heavy atom. The van der Waals surface area contributed by atoms with Gasteiger partial charge in [0.25, 0.3) is 0 Å². The molecule has 0 aromatic heterocycles. The van der Waals surface area contributed by atoms with Gasteiger partial charge in [-0.05, 0) is 24.7 Å². The summed E-state index contributed by atoms with van der Waals surface area (Å²) in [6, 6.07) is 6.98. The van der Waals surface area contributed by atoms with Crippen LogP contribution >= 0.6 is 0 Å². The van der Waals surface area contributed by atoms with Gasteiger partial charge < -0.3 is 10.4 Å². The van der Waals surface area contributed by atoms with E-state index in [1.165, 1.54) is 0 Å². The van der Waals surface area contributed by atoms with Crippen LogP contribution in [-0.4, -0.2) is 17.9 Å². The number of hydrogen-bond donors (Lipinski definition) is 2. The lowest BCUT2D eigenvalue weighted by Crippen LogP contribution is -2.22. The molecule has 2 N–H and O–H groups in total. The summed E-state index contributed by atoms with van der Waals surface area (Å²) >= 11 is 0. The van der Waals surface area contributed by atoms with Crippen molar-refractivity contribution >= 4 is 5.78 Å². The van der Waals surface area contributed by atoms with Crippen molar-refractivity contribution in [3.05, 3.63) is 29.8 Å². The van der Waals surface area contributed by atoms with E-state index in [0.29, 0.717) is 6.42 Å². The number of carbonyl (C=O) groups excluding carboxylic acids is 1. The molecule has 1 aromatic carbocycles. The van der Waals surface area contributed by atoms with E-state index in [-0.39, 0.29) is 23.5 Å². The van der Waals surface area contributed by atoms with E-state index >= 15 is 0 Å². The maximum absolute atomic E-state index is 11.7. The maximum Gasteiger partial charge on any atom is 0.137 e. The van der Waals surface area contributed by atoms with E-state index in [1.54, 1.807) is 12.1 Å². The lowest BCUT2D eigenvalue weighted by molar-refractivity contribution is -0.122. The molecule has 0 aliphatic heterocycles. The Bertz CT molecular complexity index is 343. The number of benzene rings is 1. The second-order valence-electron chi connectivity index (χ2n) is 4.26. The monoisotopic (exact) mass is 221 g/mol. The fraction of sp³-hybridized carbons (Fsp3) is 0.462. The van der Waals surface area contributed by atoms with E-state index in [4.69, 9.17) is 0 Å². The van der Waals surface area contributed by atoms with Gasteiger partial charge in [-0.2, -0.15) is 0 Å². The van der Waals surface area contributed by atoms with E-state index in [0.717, 1.165) is 5.56 Å². The number of phenolic OH excluding ortho intramolecular Hbond substituents is 1. The molecule has 3 nitrogen and oxygen atoms in total. The van der Waals surface area contributed by atoms with Crippen molar-refractivity contribution in [2.75, 3.05) is 7.05 Å². The predicted octanol–water partition coefficient (Wildman–Crippen LogP) is 2.27. The molecule has 3 heteroatoms. The van der Waals surface area contributed by atoms with Crippen LogP contribution in [0.1, 0.15) is 31.9 Å². The summed E-state index contributed by atoms with van der Waals surface area (Å²) in [6.45, 7) is 3.82. The first-order chi connectivity index (χ1) is 7.54. The highest BCUT2D eigenvalue weighted by Crippen LogP contribution is 2.20. The molecule has 1 aromatic rings. The molecule has 88 valence electrons. The number of ketones is 1. The van der Waals surface area contributed by atoms with Gasteiger partial charge in [0.2, 0.25) is 0 Å². The average molecular weight is 221 g/mol. The van der Waals surface area contributed by atoms with Crippen LogP contribution in [0.2, 0.25) is 0 Å². The lowest BCUT2D eigenvalue weighted by atomic mass is 9.96. The van der Waals surface area contributed by atoms with Crippen LogP contribution in [0.15, 0.2) is 24.3 Å². The molecule has 16 heavy (non-hydrogen) atoms. The van der Waals surface area contributed by atoms with Gasteiger partial charge in [-0.15, -0.1) is 0 Å². The van der Waals surface area contributed by atoms with Gasteiger partial charge in [0.1, 0.15) is 11.5 Å². The standard InChI is InChI=1S/C13H19NO2/c1-9(2)13(16)8-12(14-3)10-4-6-11(15)7-5-10/h4-7,9,12,14-15H,8H2,1-3H3. The topological polar surface area (TPSA) is 49.3 Å². The van der Waals surface area contributed by atoms with E-state index in [2.05, 4.69) is 5.32 Å². The minimum atomic E-state index is 0.0236. The average Bonchev–Trinajstić information content (AvgIpc) is 2.26. The summed E-state index contributed by atoms with van der Waals surface area (Å²) in [5, 5.41) is 12.3. The minimum Gasteiger partial charge on any atom is -0.508 e. The van der Waals surface area contributed by atoms with Gasteiger partial charge >= 0.3 is 0 Å². The van der Waals surface area contributed by atoms with Crippen LogP contribution < -0.4 is 5.32 Å².